The molecule has 0 spiro atoms. The lowest BCUT2D eigenvalue weighted by atomic mass is 10.4. The minimum Gasteiger partial charge on any atom is -0.491 e. The third kappa shape index (κ3) is 3.54. The molecule has 1 rings (SSSR count). The first kappa shape index (κ1) is 12.5. The Balaban J connectivity index is 2.40. The smallest absolute Gasteiger partial charge is 0.349 e. The van der Waals surface area contributed by atoms with Crippen molar-refractivity contribution < 1.29 is 19.4 Å². The van der Waals surface area contributed by atoms with E-state index in [0.717, 1.165) is 11.3 Å². The van der Waals surface area contributed by atoms with Gasteiger partial charge in [0, 0.05) is 6.54 Å². The largest absolute Gasteiger partial charge is 0.491 e. The molecule has 0 aliphatic rings. The van der Waals surface area contributed by atoms with Crippen LogP contribution in [0.25, 0.3) is 0 Å². The fourth-order valence-corrected chi connectivity index (χ4v) is 1.78. The van der Waals surface area contributed by atoms with Crippen LogP contribution in [0.1, 0.15) is 23.0 Å². The van der Waals surface area contributed by atoms with Crippen LogP contribution in [0.3, 0.4) is 0 Å². The van der Waals surface area contributed by atoms with E-state index < -0.39 is 5.97 Å². The standard InChI is InChI=1S/C10H13NO4S/c1-2-11-8(12)3-5-15-7-4-6-16-9(7)10(13)14/h4,6H,2-3,5H2,1H3,(H,11,12)(H,13,14). The van der Waals surface area contributed by atoms with Gasteiger partial charge in [-0.15, -0.1) is 11.3 Å². The molecule has 2 N–H and O–H groups in total. The van der Waals surface area contributed by atoms with Gasteiger partial charge in [0.25, 0.3) is 0 Å². The number of carbonyl (C=O) groups excluding carboxylic acids is 1. The molecule has 1 aromatic heterocycles. The number of rotatable bonds is 6. The molecule has 1 heterocycles. The molecule has 5 nitrogen and oxygen atoms in total. The molecule has 0 radical (unpaired) electrons. The zero-order valence-electron chi connectivity index (χ0n) is 8.86. The van der Waals surface area contributed by atoms with Gasteiger partial charge in [0.1, 0.15) is 5.75 Å². The van der Waals surface area contributed by atoms with Crippen LogP contribution >= 0.6 is 11.3 Å². The number of amides is 1. The Bertz CT molecular complexity index is 375. The van der Waals surface area contributed by atoms with Crippen molar-refractivity contribution >= 4 is 23.2 Å². The highest BCUT2D eigenvalue weighted by atomic mass is 32.1. The van der Waals surface area contributed by atoms with Gasteiger partial charge in [-0.25, -0.2) is 4.79 Å². The lowest BCUT2D eigenvalue weighted by Gasteiger charge is -2.05. The lowest BCUT2D eigenvalue weighted by Crippen LogP contribution is -2.24. The number of carboxylic acid groups (broad SMARTS) is 1. The van der Waals surface area contributed by atoms with Gasteiger partial charge in [0.2, 0.25) is 5.91 Å². The van der Waals surface area contributed by atoms with E-state index in [-0.39, 0.29) is 23.8 Å². The summed E-state index contributed by atoms with van der Waals surface area (Å²) in [6.07, 6.45) is 0.225. The molecule has 1 aromatic rings. The van der Waals surface area contributed by atoms with E-state index in [1.807, 2.05) is 6.92 Å². The van der Waals surface area contributed by atoms with E-state index in [0.29, 0.717) is 12.3 Å². The van der Waals surface area contributed by atoms with Gasteiger partial charge >= 0.3 is 5.97 Å². The summed E-state index contributed by atoms with van der Waals surface area (Å²) >= 11 is 1.10. The first-order valence-electron chi connectivity index (χ1n) is 4.85. The van der Waals surface area contributed by atoms with E-state index in [1.165, 1.54) is 0 Å². The first-order chi connectivity index (χ1) is 7.65. The molecule has 0 aliphatic carbocycles. The molecule has 0 unspecified atom stereocenters. The summed E-state index contributed by atoms with van der Waals surface area (Å²) in [6.45, 7) is 2.60. The average Bonchev–Trinajstić information content (AvgIpc) is 2.66. The maximum Gasteiger partial charge on any atom is 0.349 e. The summed E-state index contributed by atoms with van der Waals surface area (Å²) in [5.41, 5.74) is 0. The maximum atomic E-state index is 11.1. The van der Waals surface area contributed by atoms with Crippen molar-refractivity contribution in [3.63, 3.8) is 0 Å². The second-order valence-electron chi connectivity index (χ2n) is 2.97. The van der Waals surface area contributed by atoms with Crippen LogP contribution in [0.15, 0.2) is 11.4 Å². The lowest BCUT2D eigenvalue weighted by molar-refractivity contribution is -0.121. The molecule has 88 valence electrons. The van der Waals surface area contributed by atoms with E-state index in [2.05, 4.69) is 5.32 Å². The van der Waals surface area contributed by atoms with Gasteiger partial charge < -0.3 is 15.2 Å². The summed E-state index contributed by atoms with van der Waals surface area (Å²) in [5.74, 6) is -0.792. The minimum absolute atomic E-state index is 0.102. The number of carboxylic acids is 1. The van der Waals surface area contributed by atoms with Crippen LogP contribution in [0.4, 0.5) is 0 Å². The van der Waals surface area contributed by atoms with Gasteiger partial charge in [-0.2, -0.15) is 0 Å². The molecule has 6 heteroatoms. The number of ether oxygens (including phenoxy) is 1. The molecule has 0 aliphatic heterocycles. The summed E-state index contributed by atoms with van der Waals surface area (Å²) in [4.78, 5) is 22.0. The fourth-order valence-electron chi connectivity index (χ4n) is 1.11. The zero-order chi connectivity index (χ0) is 12.0. The molecule has 0 saturated carbocycles. The van der Waals surface area contributed by atoms with Crippen LogP contribution in [0.2, 0.25) is 0 Å². The van der Waals surface area contributed by atoms with Gasteiger partial charge in [-0.05, 0) is 18.4 Å². The van der Waals surface area contributed by atoms with Crippen molar-refractivity contribution in [1.82, 2.24) is 5.32 Å². The van der Waals surface area contributed by atoms with Crippen molar-refractivity contribution in [2.75, 3.05) is 13.2 Å². The highest BCUT2D eigenvalue weighted by Gasteiger charge is 2.12. The summed E-state index contributed by atoms with van der Waals surface area (Å²) < 4.78 is 5.22. The Labute approximate surface area is 97.0 Å². The molecule has 16 heavy (non-hydrogen) atoms. The van der Waals surface area contributed by atoms with Gasteiger partial charge in [0.15, 0.2) is 4.88 Å². The zero-order valence-corrected chi connectivity index (χ0v) is 9.67. The SMILES string of the molecule is CCNC(=O)CCOc1ccsc1C(=O)O. The molecule has 0 atom stereocenters. The van der Waals surface area contributed by atoms with Crippen LogP contribution < -0.4 is 10.1 Å². The third-order valence-electron chi connectivity index (χ3n) is 1.78. The second kappa shape index (κ2) is 6.12. The number of hydrogen-bond donors (Lipinski definition) is 2. The van der Waals surface area contributed by atoms with E-state index >= 15 is 0 Å². The predicted octanol–water partition coefficient (Wildman–Crippen LogP) is 1.35. The Morgan fingerprint density at radius 2 is 2.31 bits per heavy atom. The summed E-state index contributed by atoms with van der Waals surface area (Å²) in [7, 11) is 0. The predicted molar refractivity (Wildman–Crippen MR) is 60.1 cm³/mol. The Hall–Kier alpha value is -1.56. The first-order valence-corrected chi connectivity index (χ1v) is 5.73. The van der Waals surface area contributed by atoms with E-state index in [4.69, 9.17) is 9.84 Å². The maximum absolute atomic E-state index is 11.1. The van der Waals surface area contributed by atoms with Crippen molar-refractivity contribution in [2.45, 2.75) is 13.3 Å². The van der Waals surface area contributed by atoms with Crippen LogP contribution in [-0.2, 0) is 4.79 Å². The number of nitrogens with one attached hydrogen (secondary N) is 1. The Morgan fingerprint density at radius 3 is 2.94 bits per heavy atom. The van der Waals surface area contributed by atoms with E-state index in [1.54, 1.807) is 11.4 Å². The topological polar surface area (TPSA) is 75.6 Å². The molecular weight excluding hydrogens is 230 g/mol. The summed E-state index contributed by atoms with van der Waals surface area (Å²) in [6, 6.07) is 1.59. The number of aromatic carboxylic acids is 1. The Kier molecular flexibility index (Phi) is 4.78. The number of thiophene rings is 1. The van der Waals surface area contributed by atoms with Crippen molar-refractivity contribution in [2.24, 2.45) is 0 Å². The Morgan fingerprint density at radius 1 is 1.56 bits per heavy atom. The monoisotopic (exact) mass is 243 g/mol. The molecule has 0 bridgehead atoms. The highest BCUT2D eigenvalue weighted by molar-refractivity contribution is 7.12. The third-order valence-corrected chi connectivity index (χ3v) is 2.67. The van der Waals surface area contributed by atoms with Crippen molar-refractivity contribution in [3.8, 4) is 5.75 Å². The molecule has 0 saturated heterocycles. The van der Waals surface area contributed by atoms with Gasteiger partial charge in [-0.3, -0.25) is 4.79 Å². The van der Waals surface area contributed by atoms with Crippen molar-refractivity contribution in [1.29, 1.82) is 0 Å². The van der Waals surface area contributed by atoms with Crippen LogP contribution in [0.5, 0.6) is 5.75 Å². The highest BCUT2D eigenvalue weighted by Crippen LogP contribution is 2.24. The van der Waals surface area contributed by atoms with E-state index in [9.17, 15) is 9.59 Å². The van der Waals surface area contributed by atoms with Gasteiger partial charge in [-0.1, -0.05) is 0 Å². The number of hydrogen-bond acceptors (Lipinski definition) is 4. The molecule has 1 amide bonds. The minimum atomic E-state index is -1.01. The second-order valence-corrected chi connectivity index (χ2v) is 3.89. The molecular formula is C10H13NO4S. The van der Waals surface area contributed by atoms with Crippen LogP contribution in [-0.4, -0.2) is 30.1 Å². The fraction of sp³-hybridized carbons (Fsp3) is 0.400. The summed E-state index contributed by atoms with van der Waals surface area (Å²) in [5, 5.41) is 13.1. The molecule has 0 aromatic carbocycles. The van der Waals surface area contributed by atoms with Gasteiger partial charge in [0.05, 0.1) is 13.0 Å². The van der Waals surface area contributed by atoms with Crippen molar-refractivity contribution in [3.05, 3.63) is 16.3 Å². The number of carbonyl (C=O) groups is 2. The quantitative estimate of drug-likeness (QED) is 0.790. The average molecular weight is 243 g/mol. The molecule has 0 fully saturated rings. The normalized spacial score (nSPS) is 9.81. The van der Waals surface area contributed by atoms with Crippen LogP contribution in [0, 0.1) is 0 Å².